The molecule has 0 saturated carbocycles. The summed E-state index contributed by atoms with van der Waals surface area (Å²) in [6.45, 7) is -2.96. The van der Waals surface area contributed by atoms with Crippen molar-refractivity contribution in [1.82, 2.24) is 4.98 Å². The monoisotopic (exact) mass is 362 g/mol. The molecule has 1 N–H and O–H groups in total. The number of ether oxygens (including phenoxy) is 1. The zero-order valence-electron chi connectivity index (χ0n) is 12.9. The summed E-state index contributed by atoms with van der Waals surface area (Å²) in [6.07, 6.45) is 1.80. The minimum Gasteiger partial charge on any atom is -0.433 e. The standard InChI is InChI=1S/C18H13ClF2N2O2/c19-14-10-13(6-7-15(14)25-18(20)21)23-16(24)9-12-4-1-3-11-5-2-8-22-17(11)12/h1-8,10,18H,9H2,(H,23,24). The summed E-state index contributed by atoms with van der Waals surface area (Å²) in [5.74, 6) is -0.412. The minimum atomic E-state index is -2.96. The first-order valence-corrected chi connectivity index (χ1v) is 7.77. The number of anilines is 1. The van der Waals surface area contributed by atoms with Gasteiger partial charge in [0.25, 0.3) is 0 Å². The number of rotatable bonds is 5. The summed E-state index contributed by atoms with van der Waals surface area (Å²) in [5.41, 5.74) is 1.95. The van der Waals surface area contributed by atoms with Crippen molar-refractivity contribution in [3.63, 3.8) is 0 Å². The van der Waals surface area contributed by atoms with E-state index in [-0.39, 0.29) is 23.1 Å². The first-order valence-electron chi connectivity index (χ1n) is 7.40. The van der Waals surface area contributed by atoms with Gasteiger partial charge >= 0.3 is 6.61 Å². The van der Waals surface area contributed by atoms with Gasteiger partial charge in [-0.05, 0) is 29.8 Å². The highest BCUT2D eigenvalue weighted by Crippen LogP contribution is 2.29. The van der Waals surface area contributed by atoms with E-state index >= 15 is 0 Å². The molecule has 0 spiro atoms. The molecule has 1 amide bonds. The third kappa shape index (κ3) is 4.22. The van der Waals surface area contributed by atoms with Crippen molar-refractivity contribution in [3.8, 4) is 5.75 Å². The zero-order chi connectivity index (χ0) is 17.8. The highest BCUT2D eigenvalue weighted by atomic mass is 35.5. The van der Waals surface area contributed by atoms with Crippen LogP contribution in [0.15, 0.2) is 54.7 Å². The van der Waals surface area contributed by atoms with Crippen molar-refractivity contribution < 1.29 is 18.3 Å². The maximum Gasteiger partial charge on any atom is 0.387 e. The van der Waals surface area contributed by atoms with Gasteiger partial charge in [-0.25, -0.2) is 0 Å². The second kappa shape index (κ2) is 7.44. The second-order valence-corrected chi connectivity index (χ2v) is 5.65. The Morgan fingerprint density at radius 2 is 2.00 bits per heavy atom. The predicted molar refractivity (Wildman–Crippen MR) is 92.2 cm³/mol. The molecule has 0 atom stereocenters. The Bertz CT molecular complexity index is 913. The van der Waals surface area contributed by atoms with Gasteiger partial charge in [-0.2, -0.15) is 8.78 Å². The van der Waals surface area contributed by atoms with E-state index in [4.69, 9.17) is 11.6 Å². The van der Waals surface area contributed by atoms with E-state index in [1.807, 2.05) is 30.3 Å². The lowest BCUT2D eigenvalue weighted by Crippen LogP contribution is -2.15. The first kappa shape index (κ1) is 17.1. The molecule has 0 radical (unpaired) electrons. The number of aromatic nitrogens is 1. The van der Waals surface area contributed by atoms with E-state index in [0.29, 0.717) is 5.69 Å². The van der Waals surface area contributed by atoms with Crippen molar-refractivity contribution >= 4 is 34.1 Å². The highest BCUT2D eigenvalue weighted by Gasteiger charge is 2.12. The molecule has 2 aromatic carbocycles. The van der Waals surface area contributed by atoms with Gasteiger partial charge in [0.15, 0.2) is 0 Å². The van der Waals surface area contributed by atoms with Crippen molar-refractivity contribution in [2.24, 2.45) is 0 Å². The van der Waals surface area contributed by atoms with E-state index in [0.717, 1.165) is 16.5 Å². The molecule has 25 heavy (non-hydrogen) atoms. The van der Waals surface area contributed by atoms with Gasteiger partial charge < -0.3 is 10.1 Å². The number of amides is 1. The largest absolute Gasteiger partial charge is 0.433 e. The summed E-state index contributed by atoms with van der Waals surface area (Å²) in [7, 11) is 0. The summed E-state index contributed by atoms with van der Waals surface area (Å²) < 4.78 is 28.7. The minimum absolute atomic E-state index is 0.00933. The molecule has 0 bridgehead atoms. The molecule has 4 nitrogen and oxygen atoms in total. The van der Waals surface area contributed by atoms with Gasteiger partial charge in [0.2, 0.25) is 5.91 Å². The van der Waals surface area contributed by atoms with Crippen LogP contribution in [0, 0.1) is 0 Å². The number of halogens is 3. The van der Waals surface area contributed by atoms with Crippen molar-refractivity contribution in [2.75, 3.05) is 5.32 Å². The molecule has 128 valence electrons. The van der Waals surface area contributed by atoms with E-state index in [1.165, 1.54) is 18.2 Å². The Morgan fingerprint density at radius 3 is 2.76 bits per heavy atom. The van der Waals surface area contributed by atoms with E-state index in [9.17, 15) is 13.6 Å². The number of alkyl halides is 2. The molecule has 3 aromatic rings. The van der Waals surface area contributed by atoms with Gasteiger partial charge in [-0.15, -0.1) is 0 Å². The van der Waals surface area contributed by atoms with Gasteiger partial charge in [0.1, 0.15) is 5.75 Å². The van der Waals surface area contributed by atoms with Crippen LogP contribution in [0.3, 0.4) is 0 Å². The maximum absolute atomic E-state index is 12.3. The summed E-state index contributed by atoms with van der Waals surface area (Å²) in [5, 5.41) is 3.62. The average molecular weight is 363 g/mol. The Kier molecular flexibility index (Phi) is 5.09. The Labute approximate surface area is 147 Å². The number of hydrogen-bond donors (Lipinski definition) is 1. The van der Waals surface area contributed by atoms with Crippen LogP contribution in [-0.2, 0) is 11.2 Å². The zero-order valence-corrected chi connectivity index (χ0v) is 13.6. The molecule has 1 aromatic heterocycles. The van der Waals surface area contributed by atoms with Crippen LogP contribution in [0.2, 0.25) is 5.02 Å². The molecule has 7 heteroatoms. The van der Waals surface area contributed by atoms with Gasteiger partial charge in [-0.1, -0.05) is 35.9 Å². The van der Waals surface area contributed by atoms with Crippen molar-refractivity contribution in [2.45, 2.75) is 13.0 Å². The number of pyridine rings is 1. The number of para-hydroxylation sites is 1. The fourth-order valence-corrected chi connectivity index (χ4v) is 2.68. The van der Waals surface area contributed by atoms with Gasteiger partial charge in [0, 0.05) is 17.3 Å². The third-order valence-corrected chi connectivity index (χ3v) is 3.79. The lowest BCUT2D eigenvalue weighted by atomic mass is 10.1. The summed E-state index contributed by atoms with van der Waals surface area (Å²) in [6, 6.07) is 13.5. The van der Waals surface area contributed by atoms with E-state index in [1.54, 1.807) is 6.20 Å². The average Bonchev–Trinajstić information content (AvgIpc) is 2.57. The number of benzene rings is 2. The first-order chi connectivity index (χ1) is 12.0. The molecule has 3 rings (SSSR count). The van der Waals surface area contributed by atoms with E-state index < -0.39 is 6.61 Å². The lowest BCUT2D eigenvalue weighted by molar-refractivity contribution is -0.115. The number of fused-ring (bicyclic) bond motifs is 1. The molecule has 0 saturated heterocycles. The molecule has 0 fully saturated rings. The number of hydrogen-bond acceptors (Lipinski definition) is 3. The van der Waals surface area contributed by atoms with E-state index in [2.05, 4.69) is 15.0 Å². The number of nitrogens with one attached hydrogen (secondary N) is 1. The van der Waals surface area contributed by atoms with Crippen LogP contribution >= 0.6 is 11.6 Å². The highest BCUT2D eigenvalue weighted by molar-refractivity contribution is 6.32. The van der Waals surface area contributed by atoms with Crippen LogP contribution in [-0.4, -0.2) is 17.5 Å². The van der Waals surface area contributed by atoms with Gasteiger partial charge in [-0.3, -0.25) is 9.78 Å². The predicted octanol–water partition coefficient (Wildman–Crippen LogP) is 4.67. The molecule has 0 aliphatic heterocycles. The fraction of sp³-hybridized carbons (Fsp3) is 0.111. The third-order valence-electron chi connectivity index (χ3n) is 3.50. The SMILES string of the molecule is O=C(Cc1cccc2cccnc12)Nc1ccc(OC(F)F)c(Cl)c1. The quantitative estimate of drug-likeness (QED) is 0.717. The Hall–Kier alpha value is -2.73. The summed E-state index contributed by atoms with van der Waals surface area (Å²) >= 11 is 5.88. The number of carbonyl (C=O) groups excluding carboxylic acids is 1. The van der Waals surface area contributed by atoms with Crippen LogP contribution in [0.1, 0.15) is 5.56 Å². The lowest BCUT2D eigenvalue weighted by Gasteiger charge is -2.10. The molecule has 0 unspecified atom stereocenters. The van der Waals surface area contributed by atoms with Crippen LogP contribution in [0.25, 0.3) is 10.9 Å². The maximum atomic E-state index is 12.3. The molecular weight excluding hydrogens is 350 g/mol. The van der Waals surface area contributed by atoms with Crippen LogP contribution in [0.4, 0.5) is 14.5 Å². The van der Waals surface area contributed by atoms with Crippen molar-refractivity contribution in [1.29, 1.82) is 0 Å². The number of nitrogens with zero attached hydrogens (tertiary/aromatic N) is 1. The number of carbonyl (C=O) groups is 1. The fourth-order valence-electron chi connectivity index (χ4n) is 2.46. The van der Waals surface area contributed by atoms with Crippen molar-refractivity contribution in [3.05, 3.63) is 65.3 Å². The smallest absolute Gasteiger partial charge is 0.387 e. The molecule has 0 aliphatic rings. The topological polar surface area (TPSA) is 51.2 Å². The molecule has 0 aliphatic carbocycles. The summed E-state index contributed by atoms with van der Waals surface area (Å²) in [4.78, 5) is 16.6. The second-order valence-electron chi connectivity index (χ2n) is 5.24. The molecular formula is C18H13ClF2N2O2. The van der Waals surface area contributed by atoms with Crippen LogP contribution in [0.5, 0.6) is 5.75 Å². The Morgan fingerprint density at radius 1 is 1.20 bits per heavy atom. The Balaban J connectivity index is 1.73. The normalized spacial score (nSPS) is 10.9. The van der Waals surface area contributed by atoms with Crippen LogP contribution < -0.4 is 10.1 Å². The van der Waals surface area contributed by atoms with Gasteiger partial charge in [0.05, 0.1) is 17.0 Å². The molecule has 1 heterocycles.